The Hall–Kier alpha value is -3.09. The number of aromatic nitrogens is 4. The van der Waals surface area contributed by atoms with Crippen molar-refractivity contribution in [2.45, 2.75) is 38.6 Å². The summed E-state index contributed by atoms with van der Waals surface area (Å²) in [4.78, 5) is 22.7. The number of carbonyl (C=O) groups is 1. The number of aromatic amines is 2. The van der Waals surface area contributed by atoms with E-state index in [1.165, 1.54) is 0 Å². The molecule has 3 aromatic rings. The van der Waals surface area contributed by atoms with Gasteiger partial charge in [-0.05, 0) is 44.4 Å². The largest absolute Gasteiger partial charge is 0.497 e. The van der Waals surface area contributed by atoms with E-state index in [1.807, 2.05) is 44.3 Å². The number of fused-ring (bicyclic) bond motifs is 1. The van der Waals surface area contributed by atoms with Gasteiger partial charge >= 0.3 is 0 Å². The molecular weight excluding hydrogens is 354 g/mol. The fraction of sp³-hybridized carbons (Fsp3) is 0.381. The quantitative estimate of drug-likeness (QED) is 0.713. The van der Waals surface area contributed by atoms with Gasteiger partial charge in [0.25, 0.3) is 0 Å². The Labute approximate surface area is 164 Å². The molecule has 0 spiro atoms. The van der Waals surface area contributed by atoms with Crippen LogP contribution in [0.15, 0.2) is 30.3 Å². The summed E-state index contributed by atoms with van der Waals surface area (Å²) in [5.74, 6) is 1.60. The fourth-order valence-corrected chi connectivity index (χ4v) is 3.87. The SMILES string of the molecule is COc1cccc(-c2cc(CN(C)C(=O)C3CCCc4[nH]c(C)nc43)[nH]n2)c1. The monoisotopic (exact) mass is 379 g/mol. The molecule has 0 radical (unpaired) electrons. The second-order valence-electron chi connectivity index (χ2n) is 7.34. The van der Waals surface area contributed by atoms with Gasteiger partial charge in [-0.1, -0.05) is 12.1 Å². The lowest BCUT2D eigenvalue weighted by Crippen LogP contribution is -2.33. The number of amides is 1. The lowest BCUT2D eigenvalue weighted by Gasteiger charge is -2.25. The van der Waals surface area contributed by atoms with E-state index >= 15 is 0 Å². The van der Waals surface area contributed by atoms with Crippen molar-refractivity contribution in [3.63, 3.8) is 0 Å². The number of imidazole rings is 1. The van der Waals surface area contributed by atoms with E-state index in [1.54, 1.807) is 12.0 Å². The normalized spacial score (nSPS) is 15.9. The van der Waals surface area contributed by atoms with Crippen LogP contribution in [0, 0.1) is 6.92 Å². The molecule has 1 aliphatic rings. The van der Waals surface area contributed by atoms with E-state index in [9.17, 15) is 4.79 Å². The van der Waals surface area contributed by atoms with E-state index < -0.39 is 0 Å². The molecule has 1 aliphatic carbocycles. The van der Waals surface area contributed by atoms with Crippen LogP contribution in [0.3, 0.4) is 0 Å². The molecule has 0 saturated heterocycles. The molecule has 1 amide bonds. The Bertz CT molecular complexity index is 990. The third kappa shape index (κ3) is 3.52. The second kappa shape index (κ2) is 7.50. The van der Waals surface area contributed by atoms with Gasteiger partial charge in [0.1, 0.15) is 11.6 Å². The van der Waals surface area contributed by atoms with Crippen molar-refractivity contribution in [1.82, 2.24) is 25.1 Å². The number of likely N-dealkylation sites (N-methyl/N-ethyl adjacent to an activating group) is 1. The highest BCUT2D eigenvalue weighted by molar-refractivity contribution is 5.83. The average Bonchev–Trinajstić information content (AvgIpc) is 3.32. The zero-order valence-corrected chi connectivity index (χ0v) is 16.5. The lowest BCUT2D eigenvalue weighted by molar-refractivity contribution is -0.132. The fourth-order valence-electron chi connectivity index (χ4n) is 3.87. The van der Waals surface area contributed by atoms with E-state index in [0.29, 0.717) is 6.54 Å². The predicted molar refractivity (Wildman–Crippen MR) is 106 cm³/mol. The minimum Gasteiger partial charge on any atom is -0.497 e. The maximum absolute atomic E-state index is 13.1. The van der Waals surface area contributed by atoms with Crippen molar-refractivity contribution in [3.05, 3.63) is 53.2 Å². The second-order valence-corrected chi connectivity index (χ2v) is 7.34. The van der Waals surface area contributed by atoms with Crippen molar-refractivity contribution in [3.8, 4) is 17.0 Å². The number of nitrogens with zero attached hydrogens (tertiary/aromatic N) is 3. The Morgan fingerprint density at radius 2 is 2.21 bits per heavy atom. The third-order valence-corrected chi connectivity index (χ3v) is 5.26. The molecule has 0 bridgehead atoms. The number of hydrogen-bond acceptors (Lipinski definition) is 4. The van der Waals surface area contributed by atoms with Gasteiger partial charge in [-0.15, -0.1) is 0 Å². The van der Waals surface area contributed by atoms with Crippen molar-refractivity contribution < 1.29 is 9.53 Å². The maximum atomic E-state index is 13.1. The topological polar surface area (TPSA) is 86.9 Å². The number of rotatable bonds is 5. The van der Waals surface area contributed by atoms with Gasteiger partial charge in [-0.3, -0.25) is 9.89 Å². The molecule has 1 unspecified atom stereocenters. The number of hydrogen-bond donors (Lipinski definition) is 2. The summed E-state index contributed by atoms with van der Waals surface area (Å²) < 4.78 is 5.28. The van der Waals surface area contributed by atoms with E-state index in [0.717, 1.165) is 59.2 Å². The van der Waals surface area contributed by atoms with Crippen LogP contribution in [0.5, 0.6) is 5.75 Å². The van der Waals surface area contributed by atoms with Gasteiger partial charge in [0.2, 0.25) is 5.91 Å². The highest BCUT2D eigenvalue weighted by Crippen LogP contribution is 2.31. The van der Waals surface area contributed by atoms with Gasteiger partial charge in [-0.2, -0.15) is 5.10 Å². The van der Waals surface area contributed by atoms with Crippen LogP contribution in [0.4, 0.5) is 0 Å². The number of H-pyrrole nitrogens is 2. The first kappa shape index (κ1) is 18.3. The lowest BCUT2D eigenvalue weighted by atomic mass is 9.89. The van der Waals surface area contributed by atoms with Gasteiger partial charge in [0, 0.05) is 18.3 Å². The van der Waals surface area contributed by atoms with Crippen LogP contribution >= 0.6 is 0 Å². The predicted octanol–water partition coefficient (Wildman–Crippen LogP) is 3.20. The van der Waals surface area contributed by atoms with Gasteiger partial charge in [0.15, 0.2) is 0 Å². The number of carbonyl (C=O) groups excluding carboxylic acids is 1. The summed E-state index contributed by atoms with van der Waals surface area (Å²) in [6, 6.07) is 9.74. The first-order valence-electron chi connectivity index (χ1n) is 9.54. The minimum absolute atomic E-state index is 0.102. The van der Waals surface area contributed by atoms with Crippen LogP contribution < -0.4 is 4.74 Å². The molecule has 4 rings (SSSR count). The summed E-state index contributed by atoms with van der Waals surface area (Å²) in [6.45, 7) is 2.42. The standard InChI is InChI=1S/C21H25N5O2/c1-13-22-18-9-5-8-17(20(18)23-13)21(27)26(2)12-15-11-19(25-24-15)14-6-4-7-16(10-14)28-3/h4,6-7,10-11,17H,5,8-9,12H2,1-3H3,(H,22,23)(H,24,25). The van der Waals surface area contributed by atoms with Crippen LogP contribution in [0.1, 0.15) is 41.7 Å². The molecule has 0 saturated carbocycles. The Balaban J connectivity index is 1.48. The zero-order chi connectivity index (χ0) is 19.7. The summed E-state index contributed by atoms with van der Waals surface area (Å²) in [6.07, 6.45) is 2.82. The van der Waals surface area contributed by atoms with Gasteiger partial charge in [-0.25, -0.2) is 4.98 Å². The number of methoxy groups -OCH3 is 1. The summed E-state index contributed by atoms with van der Waals surface area (Å²) in [5.41, 5.74) is 4.72. The Kier molecular flexibility index (Phi) is 4.90. The maximum Gasteiger partial charge on any atom is 0.231 e. The van der Waals surface area contributed by atoms with E-state index in [-0.39, 0.29) is 11.8 Å². The van der Waals surface area contributed by atoms with Crippen LogP contribution in [0.25, 0.3) is 11.3 Å². The molecule has 2 heterocycles. The van der Waals surface area contributed by atoms with Crippen LogP contribution in [-0.4, -0.2) is 45.1 Å². The molecule has 2 N–H and O–H groups in total. The number of benzene rings is 1. The minimum atomic E-state index is -0.167. The molecule has 7 heteroatoms. The summed E-state index contributed by atoms with van der Waals surface area (Å²) in [5, 5.41) is 7.44. The first-order chi connectivity index (χ1) is 13.5. The molecule has 1 aromatic carbocycles. The third-order valence-electron chi connectivity index (χ3n) is 5.26. The molecule has 0 fully saturated rings. The molecule has 28 heavy (non-hydrogen) atoms. The van der Waals surface area contributed by atoms with Crippen LogP contribution in [0.2, 0.25) is 0 Å². The smallest absolute Gasteiger partial charge is 0.231 e. The number of nitrogens with one attached hydrogen (secondary N) is 2. The average molecular weight is 379 g/mol. The zero-order valence-electron chi connectivity index (χ0n) is 16.5. The molecule has 146 valence electrons. The molecule has 0 aliphatic heterocycles. The van der Waals surface area contributed by atoms with E-state index in [4.69, 9.17) is 4.74 Å². The van der Waals surface area contributed by atoms with Crippen molar-refractivity contribution >= 4 is 5.91 Å². The van der Waals surface area contributed by atoms with E-state index in [2.05, 4.69) is 20.2 Å². The van der Waals surface area contributed by atoms with Crippen molar-refractivity contribution in [2.24, 2.45) is 0 Å². The van der Waals surface area contributed by atoms with Gasteiger partial charge in [0.05, 0.1) is 36.7 Å². The highest BCUT2D eigenvalue weighted by Gasteiger charge is 2.31. The molecule has 2 aromatic heterocycles. The van der Waals surface area contributed by atoms with Crippen molar-refractivity contribution in [2.75, 3.05) is 14.2 Å². The first-order valence-corrected chi connectivity index (χ1v) is 9.54. The summed E-state index contributed by atoms with van der Waals surface area (Å²) >= 11 is 0. The molecule has 7 nitrogen and oxygen atoms in total. The molecular formula is C21H25N5O2. The van der Waals surface area contributed by atoms with Crippen LogP contribution in [-0.2, 0) is 17.8 Å². The van der Waals surface area contributed by atoms with Crippen molar-refractivity contribution in [1.29, 1.82) is 0 Å². The Morgan fingerprint density at radius 1 is 1.36 bits per heavy atom. The number of aryl methyl sites for hydroxylation is 2. The van der Waals surface area contributed by atoms with Gasteiger partial charge < -0.3 is 14.6 Å². The molecule has 1 atom stereocenters. The number of ether oxygens (including phenoxy) is 1. The summed E-state index contributed by atoms with van der Waals surface area (Å²) in [7, 11) is 3.48. The highest BCUT2D eigenvalue weighted by atomic mass is 16.5. The Morgan fingerprint density at radius 3 is 3.04 bits per heavy atom.